The summed E-state index contributed by atoms with van der Waals surface area (Å²) in [6.07, 6.45) is -0.542. The van der Waals surface area contributed by atoms with E-state index in [1.54, 1.807) is 0 Å². The fourth-order valence-electron chi connectivity index (χ4n) is 2.72. The van der Waals surface area contributed by atoms with Crippen molar-refractivity contribution in [2.24, 2.45) is 0 Å². The van der Waals surface area contributed by atoms with Gasteiger partial charge in [-0.05, 0) is 68.0 Å². The molecule has 0 saturated heterocycles. The second-order valence-electron chi connectivity index (χ2n) is 5.56. The standard InChI is InChI=1S/C18H22O/c1-11-8-14(4)17(15(5)9-11)18(19)16-7-6-12(2)13(3)10-16/h6-10,18-19H,1-5H3. The van der Waals surface area contributed by atoms with Gasteiger partial charge in [-0.25, -0.2) is 0 Å². The highest BCUT2D eigenvalue weighted by atomic mass is 16.3. The van der Waals surface area contributed by atoms with Crippen molar-refractivity contribution in [3.8, 4) is 0 Å². The lowest BCUT2D eigenvalue weighted by atomic mass is 9.91. The van der Waals surface area contributed by atoms with Gasteiger partial charge >= 0.3 is 0 Å². The van der Waals surface area contributed by atoms with Crippen LogP contribution in [-0.2, 0) is 0 Å². The second-order valence-corrected chi connectivity index (χ2v) is 5.56. The fraction of sp³-hybridized carbons (Fsp3) is 0.333. The van der Waals surface area contributed by atoms with Crippen LogP contribution >= 0.6 is 0 Å². The molecule has 2 aromatic rings. The summed E-state index contributed by atoms with van der Waals surface area (Å²) in [4.78, 5) is 0. The predicted molar refractivity (Wildman–Crippen MR) is 80.6 cm³/mol. The number of aliphatic hydroxyl groups excluding tert-OH is 1. The molecule has 2 aromatic carbocycles. The molecule has 0 saturated carbocycles. The van der Waals surface area contributed by atoms with E-state index in [1.807, 2.05) is 6.07 Å². The average Bonchev–Trinajstić information content (AvgIpc) is 2.31. The highest BCUT2D eigenvalue weighted by Crippen LogP contribution is 2.29. The van der Waals surface area contributed by atoms with Crippen LogP contribution in [0.5, 0.6) is 0 Å². The molecular formula is C18H22O. The molecule has 0 spiro atoms. The van der Waals surface area contributed by atoms with E-state index in [0.717, 1.165) is 22.3 Å². The van der Waals surface area contributed by atoms with Crippen LogP contribution in [0.2, 0.25) is 0 Å². The molecule has 0 amide bonds. The lowest BCUT2D eigenvalue weighted by Gasteiger charge is -2.18. The van der Waals surface area contributed by atoms with Crippen LogP contribution in [0, 0.1) is 34.6 Å². The fourth-order valence-corrected chi connectivity index (χ4v) is 2.72. The summed E-state index contributed by atoms with van der Waals surface area (Å²) in [6, 6.07) is 10.4. The first-order valence-corrected chi connectivity index (χ1v) is 6.73. The summed E-state index contributed by atoms with van der Waals surface area (Å²) >= 11 is 0. The normalized spacial score (nSPS) is 12.5. The minimum atomic E-state index is -0.542. The van der Waals surface area contributed by atoms with Gasteiger partial charge in [-0.2, -0.15) is 0 Å². The number of benzene rings is 2. The van der Waals surface area contributed by atoms with Crippen LogP contribution in [0.25, 0.3) is 0 Å². The van der Waals surface area contributed by atoms with Crippen LogP contribution in [-0.4, -0.2) is 5.11 Å². The van der Waals surface area contributed by atoms with Crippen molar-refractivity contribution in [2.45, 2.75) is 40.7 Å². The Kier molecular flexibility index (Phi) is 3.77. The van der Waals surface area contributed by atoms with Crippen molar-refractivity contribution in [2.75, 3.05) is 0 Å². The molecule has 0 bridgehead atoms. The molecule has 0 aliphatic heterocycles. The summed E-state index contributed by atoms with van der Waals surface area (Å²) in [5, 5.41) is 10.7. The van der Waals surface area contributed by atoms with E-state index in [2.05, 4.69) is 58.9 Å². The van der Waals surface area contributed by atoms with E-state index >= 15 is 0 Å². The first-order valence-electron chi connectivity index (χ1n) is 6.73. The van der Waals surface area contributed by atoms with Gasteiger partial charge in [0, 0.05) is 0 Å². The Balaban J connectivity index is 2.49. The van der Waals surface area contributed by atoms with Crippen molar-refractivity contribution in [1.82, 2.24) is 0 Å². The van der Waals surface area contributed by atoms with E-state index in [1.165, 1.54) is 16.7 Å². The number of aliphatic hydroxyl groups is 1. The van der Waals surface area contributed by atoms with Crippen molar-refractivity contribution in [3.05, 3.63) is 69.3 Å². The molecule has 100 valence electrons. The summed E-state index contributed by atoms with van der Waals surface area (Å²) in [7, 11) is 0. The van der Waals surface area contributed by atoms with E-state index < -0.39 is 6.10 Å². The molecule has 1 nitrogen and oxygen atoms in total. The molecule has 0 aliphatic carbocycles. The first-order chi connectivity index (χ1) is 8.90. The smallest absolute Gasteiger partial charge is 0.105 e. The van der Waals surface area contributed by atoms with Gasteiger partial charge in [0.05, 0.1) is 0 Å². The van der Waals surface area contributed by atoms with Gasteiger partial charge in [0.2, 0.25) is 0 Å². The Morgan fingerprint density at radius 2 is 1.32 bits per heavy atom. The number of rotatable bonds is 2. The first kappa shape index (κ1) is 13.8. The Morgan fingerprint density at radius 1 is 0.737 bits per heavy atom. The Labute approximate surface area is 115 Å². The van der Waals surface area contributed by atoms with Gasteiger partial charge in [-0.15, -0.1) is 0 Å². The summed E-state index contributed by atoms with van der Waals surface area (Å²) < 4.78 is 0. The molecule has 19 heavy (non-hydrogen) atoms. The average molecular weight is 254 g/mol. The SMILES string of the molecule is Cc1cc(C)c(C(O)c2ccc(C)c(C)c2)c(C)c1. The van der Waals surface area contributed by atoms with Crippen molar-refractivity contribution >= 4 is 0 Å². The monoisotopic (exact) mass is 254 g/mol. The summed E-state index contributed by atoms with van der Waals surface area (Å²) in [6.45, 7) is 10.4. The highest BCUT2D eigenvalue weighted by molar-refractivity contribution is 5.44. The molecule has 0 fully saturated rings. The Hall–Kier alpha value is -1.60. The largest absolute Gasteiger partial charge is 0.384 e. The van der Waals surface area contributed by atoms with Crippen LogP contribution in [0.4, 0.5) is 0 Å². The molecule has 2 rings (SSSR count). The topological polar surface area (TPSA) is 20.2 Å². The third kappa shape index (κ3) is 2.71. The molecule has 1 N–H and O–H groups in total. The van der Waals surface area contributed by atoms with Gasteiger partial charge in [0.15, 0.2) is 0 Å². The molecule has 1 unspecified atom stereocenters. The molecule has 0 radical (unpaired) electrons. The van der Waals surface area contributed by atoms with E-state index in [4.69, 9.17) is 0 Å². The summed E-state index contributed by atoms with van der Waals surface area (Å²) in [5.41, 5.74) is 8.04. The molecule has 0 aromatic heterocycles. The van der Waals surface area contributed by atoms with E-state index in [-0.39, 0.29) is 0 Å². The zero-order chi connectivity index (χ0) is 14.2. The predicted octanol–water partition coefficient (Wildman–Crippen LogP) is 4.31. The Morgan fingerprint density at radius 3 is 1.84 bits per heavy atom. The second kappa shape index (κ2) is 5.18. The van der Waals surface area contributed by atoms with Crippen molar-refractivity contribution in [3.63, 3.8) is 0 Å². The van der Waals surface area contributed by atoms with Gasteiger partial charge in [0.25, 0.3) is 0 Å². The van der Waals surface area contributed by atoms with Gasteiger partial charge in [-0.3, -0.25) is 0 Å². The molecule has 1 heteroatoms. The van der Waals surface area contributed by atoms with Crippen LogP contribution in [0.1, 0.15) is 45.0 Å². The lowest BCUT2D eigenvalue weighted by Crippen LogP contribution is -2.05. The number of hydrogen-bond acceptors (Lipinski definition) is 1. The maximum absolute atomic E-state index is 10.7. The molecule has 1 atom stereocenters. The minimum absolute atomic E-state index is 0.542. The van der Waals surface area contributed by atoms with Gasteiger partial charge in [-0.1, -0.05) is 35.9 Å². The number of aryl methyl sites for hydroxylation is 5. The highest BCUT2D eigenvalue weighted by Gasteiger charge is 2.16. The van der Waals surface area contributed by atoms with Crippen molar-refractivity contribution < 1.29 is 5.11 Å². The van der Waals surface area contributed by atoms with Crippen LogP contribution in [0.15, 0.2) is 30.3 Å². The van der Waals surface area contributed by atoms with Crippen LogP contribution < -0.4 is 0 Å². The zero-order valence-corrected chi connectivity index (χ0v) is 12.4. The maximum atomic E-state index is 10.7. The minimum Gasteiger partial charge on any atom is -0.384 e. The quantitative estimate of drug-likeness (QED) is 0.846. The zero-order valence-electron chi connectivity index (χ0n) is 12.4. The number of hydrogen-bond donors (Lipinski definition) is 1. The van der Waals surface area contributed by atoms with Crippen LogP contribution in [0.3, 0.4) is 0 Å². The molecule has 0 aliphatic rings. The van der Waals surface area contributed by atoms with E-state index in [0.29, 0.717) is 0 Å². The van der Waals surface area contributed by atoms with Gasteiger partial charge < -0.3 is 5.11 Å². The third-order valence-electron chi connectivity index (χ3n) is 3.86. The third-order valence-corrected chi connectivity index (χ3v) is 3.86. The van der Waals surface area contributed by atoms with Crippen molar-refractivity contribution in [1.29, 1.82) is 0 Å². The molecular weight excluding hydrogens is 232 g/mol. The maximum Gasteiger partial charge on any atom is 0.105 e. The lowest BCUT2D eigenvalue weighted by molar-refractivity contribution is 0.218. The van der Waals surface area contributed by atoms with Gasteiger partial charge in [0.1, 0.15) is 6.10 Å². The summed E-state index contributed by atoms with van der Waals surface area (Å²) in [5.74, 6) is 0. The van der Waals surface area contributed by atoms with E-state index in [9.17, 15) is 5.11 Å². The Bertz CT molecular complexity index is 588. The molecule has 0 heterocycles.